The second-order valence-corrected chi connectivity index (χ2v) is 4.66. The minimum absolute atomic E-state index is 0.0551. The Kier molecular flexibility index (Phi) is 8.52. The van der Waals surface area contributed by atoms with Crippen molar-refractivity contribution in [1.29, 1.82) is 0 Å². The summed E-state index contributed by atoms with van der Waals surface area (Å²) >= 11 is 0. The lowest BCUT2D eigenvalue weighted by Gasteiger charge is -2.21. The molecule has 0 saturated heterocycles. The van der Waals surface area contributed by atoms with Crippen LogP contribution in [0.15, 0.2) is 0 Å². The fourth-order valence-electron chi connectivity index (χ4n) is 1.81. The number of rotatable bonds is 8. The van der Waals surface area contributed by atoms with E-state index in [1.54, 1.807) is 0 Å². The summed E-state index contributed by atoms with van der Waals surface area (Å²) in [5.74, 6) is 6.23. The SMILES string of the molecule is CC#CC(C)(CN)CCCCCCCC. The van der Waals surface area contributed by atoms with Gasteiger partial charge < -0.3 is 5.73 Å². The predicted molar refractivity (Wildman–Crippen MR) is 68.6 cm³/mol. The van der Waals surface area contributed by atoms with E-state index in [0.29, 0.717) is 6.54 Å². The van der Waals surface area contributed by atoms with Gasteiger partial charge in [-0.15, -0.1) is 5.92 Å². The van der Waals surface area contributed by atoms with Crippen molar-refractivity contribution in [2.75, 3.05) is 6.54 Å². The average Bonchev–Trinajstić information content (AvgIpc) is 2.24. The highest BCUT2D eigenvalue weighted by molar-refractivity contribution is 5.09. The van der Waals surface area contributed by atoms with Crippen molar-refractivity contribution in [2.45, 2.75) is 65.7 Å². The lowest BCUT2D eigenvalue weighted by Crippen LogP contribution is -2.25. The maximum Gasteiger partial charge on any atom is 0.0408 e. The molecule has 0 radical (unpaired) electrons. The highest BCUT2D eigenvalue weighted by atomic mass is 14.6. The molecule has 0 aromatic rings. The molecular weight excluding hydrogens is 182 g/mol. The third-order valence-corrected chi connectivity index (χ3v) is 2.96. The predicted octanol–water partition coefficient (Wildman–Crippen LogP) is 3.73. The lowest BCUT2D eigenvalue weighted by atomic mass is 9.85. The molecule has 88 valence electrons. The topological polar surface area (TPSA) is 26.0 Å². The molecular formula is C14H27N. The Labute approximate surface area is 95.8 Å². The summed E-state index contributed by atoms with van der Waals surface area (Å²) < 4.78 is 0. The molecule has 0 aliphatic heterocycles. The van der Waals surface area contributed by atoms with Crippen molar-refractivity contribution in [3.8, 4) is 11.8 Å². The number of hydrogen-bond acceptors (Lipinski definition) is 1. The van der Waals surface area contributed by atoms with Gasteiger partial charge in [-0.3, -0.25) is 0 Å². The zero-order chi connectivity index (χ0) is 11.6. The van der Waals surface area contributed by atoms with Gasteiger partial charge in [0.05, 0.1) is 0 Å². The van der Waals surface area contributed by atoms with Gasteiger partial charge >= 0.3 is 0 Å². The van der Waals surface area contributed by atoms with Crippen molar-refractivity contribution in [2.24, 2.45) is 11.1 Å². The van der Waals surface area contributed by atoms with E-state index in [0.717, 1.165) is 6.42 Å². The van der Waals surface area contributed by atoms with E-state index in [2.05, 4.69) is 25.7 Å². The first-order valence-electron chi connectivity index (χ1n) is 6.32. The van der Waals surface area contributed by atoms with E-state index in [4.69, 9.17) is 5.73 Å². The summed E-state index contributed by atoms with van der Waals surface area (Å²) in [7, 11) is 0. The summed E-state index contributed by atoms with van der Waals surface area (Å²) in [6, 6.07) is 0. The highest BCUT2D eigenvalue weighted by Crippen LogP contribution is 2.22. The molecule has 0 bridgehead atoms. The summed E-state index contributed by atoms with van der Waals surface area (Å²) in [4.78, 5) is 0. The first-order chi connectivity index (χ1) is 7.18. The maximum absolute atomic E-state index is 5.75. The van der Waals surface area contributed by atoms with Crippen LogP contribution >= 0.6 is 0 Å². The quantitative estimate of drug-likeness (QED) is 0.478. The monoisotopic (exact) mass is 209 g/mol. The van der Waals surface area contributed by atoms with Crippen LogP contribution in [0.3, 0.4) is 0 Å². The minimum atomic E-state index is 0.0551. The van der Waals surface area contributed by atoms with Crippen molar-refractivity contribution >= 4 is 0 Å². The van der Waals surface area contributed by atoms with Crippen LogP contribution in [0.4, 0.5) is 0 Å². The van der Waals surface area contributed by atoms with Crippen molar-refractivity contribution < 1.29 is 0 Å². The van der Waals surface area contributed by atoms with Gasteiger partial charge in [0.2, 0.25) is 0 Å². The van der Waals surface area contributed by atoms with Gasteiger partial charge in [-0.05, 0) is 20.3 Å². The molecule has 1 heteroatoms. The first-order valence-corrected chi connectivity index (χ1v) is 6.32. The molecule has 0 rings (SSSR count). The first kappa shape index (κ1) is 14.5. The van der Waals surface area contributed by atoms with Crippen LogP contribution < -0.4 is 5.73 Å². The van der Waals surface area contributed by atoms with Crippen LogP contribution in [-0.2, 0) is 0 Å². The molecule has 0 aliphatic carbocycles. The van der Waals surface area contributed by atoms with Crippen molar-refractivity contribution in [3.63, 3.8) is 0 Å². The molecule has 15 heavy (non-hydrogen) atoms. The average molecular weight is 209 g/mol. The Morgan fingerprint density at radius 1 is 1.07 bits per heavy atom. The Hall–Kier alpha value is -0.480. The van der Waals surface area contributed by atoms with Crippen LogP contribution in [-0.4, -0.2) is 6.54 Å². The van der Waals surface area contributed by atoms with E-state index in [1.807, 2.05) is 6.92 Å². The zero-order valence-corrected chi connectivity index (χ0v) is 10.7. The summed E-state index contributed by atoms with van der Waals surface area (Å²) in [5.41, 5.74) is 5.81. The summed E-state index contributed by atoms with van der Waals surface area (Å²) in [6.45, 7) is 7.01. The number of unbranched alkanes of at least 4 members (excludes halogenated alkanes) is 5. The van der Waals surface area contributed by atoms with Crippen LogP contribution in [0, 0.1) is 17.3 Å². The Morgan fingerprint density at radius 3 is 2.20 bits per heavy atom. The van der Waals surface area contributed by atoms with Gasteiger partial charge in [-0.1, -0.05) is 51.4 Å². The lowest BCUT2D eigenvalue weighted by molar-refractivity contribution is 0.396. The van der Waals surface area contributed by atoms with E-state index >= 15 is 0 Å². The van der Waals surface area contributed by atoms with Crippen LogP contribution in [0.5, 0.6) is 0 Å². The van der Waals surface area contributed by atoms with Gasteiger partial charge in [-0.2, -0.15) is 0 Å². The molecule has 0 aliphatic rings. The Balaban J connectivity index is 3.58. The van der Waals surface area contributed by atoms with Crippen molar-refractivity contribution in [3.05, 3.63) is 0 Å². The van der Waals surface area contributed by atoms with Gasteiger partial charge in [0.15, 0.2) is 0 Å². The van der Waals surface area contributed by atoms with E-state index in [-0.39, 0.29) is 5.41 Å². The molecule has 2 N–H and O–H groups in total. The second-order valence-electron chi connectivity index (χ2n) is 4.66. The Bertz CT molecular complexity index is 199. The number of nitrogens with two attached hydrogens (primary N) is 1. The van der Waals surface area contributed by atoms with E-state index in [1.165, 1.54) is 38.5 Å². The van der Waals surface area contributed by atoms with Crippen molar-refractivity contribution in [1.82, 2.24) is 0 Å². The standard InChI is InChI=1S/C14H27N/c1-4-6-7-8-9-10-12-14(3,13-15)11-5-2/h4,6-10,12-13,15H2,1-3H3. The van der Waals surface area contributed by atoms with Crippen LogP contribution in [0.25, 0.3) is 0 Å². The molecule has 0 aromatic heterocycles. The number of hydrogen-bond donors (Lipinski definition) is 1. The zero-order valence-electron chi connectivity index (χ0n) is 10.7. The molecule has 0 heterocycles. The molecule has 1 unspecified atom stereocenters. The smallest absolute Gasteiger partial charge is 0.0408 e. The highest BCUT2D eigenvalue weighted by Gasteiger charge is 2.18. The molecule has 0 amide bonds. The van der Waals surface area contributed by atoms with Gasteiger partial charge in [0.25, 0.3) is 0 Å². The summed E-state index contributed by atoms with van der Waals surface area (Å²) in [6.07, 6.45) is 9.21. The second kappa shape index (κ2) is 8.80. The molecule has 0 spiro atoms. The van der Waals surface area contributed by atoms with Crippen LogP contribution in [0.1, 0.15) is 65.7 Å². The van der Waals surface area contributed by atoms with E-state index in [9.17, 15) is 0 Å². The van der Waals surface area contributed by atoms with Gasteiger partial charge in [0.1, 0.15) is 0 Å². The van der Waals surface area contributed by atoms with Crippen LogP contribution in [0.2, 0.25) is 0 Å². The fourth-order valence-corrected chi connectivity index (χ4v) is 1.81. The third-order valence-electron chi connectivity index (χ3n) is 2.96. The molecule has 1 atom stereocenters. The van der Waals surface area contributed by atoms with Gasteiger partial charge in [0, 0.05) is 12.0 Å². The molecule has 0 aromatic carbocycles. The molecule has 0 saturated carbocycles. The summed E-state index contributed by atoms with van der Waals surface area (Å²) in [5, 5.41) is 0. The fraction of sp³-hybridized carbons (Fsp3) is 0.857. The normalized spacial score (nSPS) is 14.1. The van der Waals surface area contributed by atoms with E-state index < -0.39 is 0 Å². The van der Waals surface area contributed by atoms with Gasteiger partial charge in [-0.25, -0.2) is 0 Å². The Morgan fingerprint density at radius 2 is 1.67 bits per heavy atom. The molecule has 1 nitrogen and oxygen atoms in total. The largest absolute Gasteiger partial charge is 0.329 e. The minimum Gasteiger partial charge on any atom is -0.329 e. The molecule has 0 fully saturated rings. The maximum atomic E-state index is 5.75. The third kappa shape index (κ3) is 7.45.